The zero-order valence-electron chi connectivity index (χ0n) is 9.37. The maximum Gasteiger partial charge on any atom is 0.107 e. The van der Waals surface area contributed by atoms with E-state index in [4.69, 9.17) is 22.1 Å². The van der Waals surface area contributed by atoms with E-state index in [1.165, 1.54) is 0 Å². The third kappa shape index (κ3) is 3.76. The molecule has 0 aliphatic heterocycles. The molecule has 0 fully saturated rings. The van der Waals surface area contributed by atoms with E-state index in [1.807, 2.05) is 26.0 Å². The Bertz CT molecular complexity index is 301. The molecular weight excluding hydrogens is 230 g/mol. The fraction of sp³-hybridized carbons (Fsp3) is 0.636. The van der Waals surface area contributed by atoms with Gasteiger partial charge in [0.1, 0.15) is 6.10 Å². The van der Waals surface area contributed by atoms with Gasteiger partial charge in [0.2, 0.25) is 0 Å². The Hall–Kier alpha value is -0.0900. The van der Waals surface area contributed by atoms with Crippen molar-refractivity contribution in [2.45, 2.75) is 45.4 Å². The molecule has 0 saturated heterocycles. The number of ether oxygens (including phenoxy) is 1. The highest BCUT2D eigenvalue weighted by atomic mass is 35.5. The SMILES string of the molecule is CCC(N)C(OC(C)C)c1ccc(Cl)s1. The molecule has 0 aliphatic carbocycles. The van der Waals surface area contributed by atoms with Gasteiger partial charge in [-0.3, -0.25) is 0 Å². The van der Waals surface area contributed by atoms with Crippen LogP contribution in [0.1, 0.15) is 38.2 Å². The summed E-state index contributed by atoms with van der Waals surface area (Å²) >= 11 is 7.45. The van der Waals surface area contributed by atoms with Crippen molar-refractivity contribution >= 4 is 22.9 Å². The quantitative estimate of drug-likeness (QED) is 0.863. The molecule has 1 heterocycles. The first-order chi connectivity index (χ1) is 7.04. The molecule has 0 saturated carbocycles. The van der Waals surface area contributed by atoms with Crippen LogP contribution in [0.4, 0.5) is 0 Å². The Labute approximate surface area is 100 Å². The summed E-state index contributed by atoms with van der Waals surface area (Å²) in [5, 5.41) is 0. The highest BCUT2D eigenvalue weighted by Crippen LogP contribution is 2.32. The Kier molecular flexibility index (Phi) is 5.06. The fourth-order valence-electron chi connectivity index (χ4n) is 1.37. The van der Waals surface area contributed by atoms with Gasteiger partial charge in [0.05, 0.1) is 10.4 Å². The molecule has 86 valence electrons. The van der Waals surface area contributed by atoms with Gasteiger partial charge in [0.15, 0.2) is 0 Å². The largest absolute Gasteiger partial charge is 0.368 e. The maximum atomic E-state index is 6.05. The van der Waals surface area contributed by atoms with Crippen LogP contribution in [0, 0.1) is 0 Å². The smallest absolute Gasteiger partial charge is 0.107 e. The first kappa shape index (κ1) is 13.0. The van der Waals surface area contributed by atoms with Crippen LogP contribution < -0.4 is 5.73 Å². The Morgan fingerprint density at radius 3 is 2.53 bits per heavy atom. The molecule has 2 N–H and O–H groups in total. The third-order valence-corrected chi connectivity index (χ3v) is 3.45. The molecule has 0 spiro atoms. The minimum absolute atomic E-state index is 0.0297. The number of hydrogen-bond donors (Lipinski definition) is 1. The molecule has 2 unspecified atom stereocenters. The van der Waals surface area contributed by atoms with Crippen molar-refractivity contribution in [1.29, 1.82) is 0 Å². The molecule has 15 heavy (non-hydrogen) atoms. The van der Waals surface area contributed by atoms with E-state index in [0.29, 0.717) is 0 Å². The summed E-state index contributed by atoms with van der Waals surface area (Å²) in [6.07, 6.45) is 1.04. The zero-order chi connectivity index (χ0) is 11.4. The first-order valence-corrected chi connectivity index (χ1v) is 6.40. The van der Waals surface area contributed by atoms with Gasteiger partial charge in [-0.25, -0.2) is 0 Å². The van der Waals surface area contributed by atoms with E-state index in [9.17, 15) is 0 Å². The number of nitrogens with two attached hydrogens (primary N) is 1. The second-order valence-corrected chi connectivity index (χ2v) is 5.57. The van der Waals surface area contributed by atoms with Crippen molar-refractivity contribution in [2.75, 3.05) is 0 Å². The van der Waals surface area contributed by atoms with Crippen molar-refractivity contribution < 1.29 is 4.74 Å². The molecule has 4 heteroatoms. The second kappa shape index (κ2) is 5.85. The average molecular weight is 248 g/mol. The summed E-state index contributed by atoms with van der Waals surface area (Å²) in [4.78, 5) is 1.11. The van der Waals surface area contributed by atoms with Crippen LogP contribution in [0.2, 0.25) is 4.34 Å². The van der Waals surface area contributed by atoms with Gasteiger partial charge in [-0.15, -0.1) is 11.3 Å². The van der Waals surface area contributed by atoms with Crippen molar-refractivity contribution in [3.63, 3.8) is 0 Å². The third-order valence-electron chi connectivity index (χ3n) is 2.15. The minimum Gasteiger partial charge on any atom is -0.368 e. The summed E-state index contributed by atoms with van der Waals surface area (Å²) in [7, 11) is 0. The standard InChI is InChI=1S/C11H18ClNOS/c1-4-8(13)11(14-7(2)3)9-5-6-10(12)15-9/h5-8,11H,4,13H2,1-3H3. The van der Waals surface area contributed by atoms with Crippen LogP contribution in [0.5, 0.6) is 0 Å². The monoisotopic (exact) mass is 247 g/mol. The van der Waals surface area contributed by atoms with Gasteiger partial charge in [-0.2, -0.15) is 0 Å². The Morgan fingerprint density at radius 2 is 2.13 bits per heavy atom. The van der Waals surface area contributed by atoms with E-state index in [-0.39, 0.29) is 18.2 Å². The summed E-state index contributed by atoms with van der Waals surface area (Å²) in [5.74, 6) is 0. The molecule has 0 radical (unpaired) electrons. The average Bonchev–Trinajstić information content (AvgIpc) is 2.59. The second-order valence-electron chi connectivity index (χ2n) is 3.82. The van der Waals surface area contributed by atoms with Crippen molar-refractivity contribution in [2.24, 2.45) is 5.73 Å². The highest BCUT2D eigenvalue weighted by molar-refractivity contribution is 7.16. The molecule has 0 aliphatic rings. The Balaban J connectivity index is 2.80. The van der Waals surface area contributed by atoms with E-state index in [2.05, 4.69) is 6.92 Å². The molecule has 0 amide bonds. The van der Waals surface area contributed by atoms with Gasteiger partial charge in [-0.05, 0) is 32.4 Å². The van der Waals surface area contributed by atoms with Gasteiger partial charge >= 0.3 is 0 Å². The molecule has 1 rings (SSSR count). The van der Waals surface area contributed by atoms with E-state index >= 15 is 0 Å². The predicted octanol–water partition coefficient (Wildman–Crippen LogP) is 3.60. The van der Waals surface area contributed by atoms with Crippen LogP contribution in [0.3, 0.4) is 0 Å². The molecule has 2 nitrogen and oxygen atoms in total. The predicted molar refractivity (Wildman–Crippen MR) is 66.6 cm³/mol. The fourth-order valence-corrected chi connectivity index (χ4v) is 2.54. The highest BCUT2D eigenvalue weighted by Gasteiger charge is 2.22. The summed E-state index contributed by atoms with van der Waals surface area (Å²) in [6.45, 7) is 6.10. The minimum atomic E-state index is -0.0347. The number of hydrogen-bond acceptors (Lipinski definition) is 3. The first-order valence-electron chi connectivity index (χ1n) is 5.20. The van der Waals surface area contributed by atoms with E-state index in [1.54, 1.807) is 11.3 Å². The topological polar surface area (TPSA) is 35.2 Å². The normalized spacial score (nSPS) is 15.6. The van der Waals surface area contributed by atoms with E-state index in [0.717, 1.165) is 15.6 Å². The molecular formula is C11H18ClNOS. The van der Waals surface area contributed by atoms with Crippen LogP contribution in [-0.4, -0.2) is 12.1 Å². The molecule has 1 aromatic rings. The number of rotatable bonds is 5. The van der Waals surface area contributed by atoms with Crippen LogP contribution in [0.15, 0.2) is 12.1 Å². The zero-order valence-corrected chi connectivity index (χ0v) is 10.9. The van der Waals surface area contributed by atoms with Gasteiger partial charge in [0, 0.05) is 10.9 Å². The lowest BCUT2D eigenvalue weighted by atomic mass is 10.1. The lowest BCUT2D eigenvalue weighted by Crippen LogP contribution is -2.30. The van der Waals surface area contributed by atoms with Gasteiger partial charge < -0.3 is 10.5 Å². The van der Waals surface area contributed by atoms with Gasteiger partial charge in [0.25, 0.3) is 0 Å². The van der Waals surface area contributed by atoms with E-state index < -0.39 is 0 Å². The van der Waals surface area contributed by atoms with Crippen molar-refractivity contribution in [3.8, 4) is 0 Å². The van der Waals surface area contributed by atoms with Crippen molar-refractivity contribution in [1.82, 2.24) is 0 Å². The van der Waals surface area contributed by atoms with Crippen LogP contribution in [-0.2, 0) is 4.74 Å². The van der Waals surface area contributed by atoms with Gasteiger partial charge in [-0.1, -0.05) is 18.5 Å². The number of halogens is 1. The molecule has 2 atom stereocenters. The number of thiophene rings is 1. The molecule has 0 aromatic carbocycles. The lowest BCUT2D eigenvalue weighted by molar-refractivity contribution is -0.00690. The summed E-state index contributed by atoms with van der Waals surface area (Å²) in [6, 6.07) is 3.91. The van der Waals surface area contributed by atoms with Crippen molar-refractivity contribution in [3.05, 3.63) is 21.3 Å². The molecule has 0 bridgehead atoms. The lowest BCUT2D eigenvalue weighted by Gasteiger charge is -2.24. The van der Waals surface area contributed by atoms with Crippen LogP contribution in [0.25, 0.3) is 0 Å². The maximum absolute atomic E-state index is 6.05. The summed E-state index contributed by atoms with van der Waals surface area (Å²) in [5.41, 5.74) is 6.05. The molecule has 1 aromatic heterocycles. The Morgan fingerprint density at radius 1 is 1.47 bits per heavy atom. The summed E-state index contributed by atoms with van der Waals surface area (Å²) < 4.78 is 6.61. The van der Waals surface area contributed by atoms with Crippen LogP contribution >= 0.6 is 22.9 Å².